The number of imidazole rings is 1. The van der Waals surface area contributed by atoms with Crippen molar-refractivity contribution in [1.82, 2.24) is 9.97 Å². The van der Waals surface area contributed by atoms with Crippen LogP contribution in [0.3, 0.4) is 0 Å². The average Bonchev–Trinajstić information content (AvgIpc) is 2.66. The maximum Gasteiger partial charge on any atom is 0.0925 e. The normalized spacial score (nSPS) is 10.4. The van der Waals surface area contributed by atoms with Gasteiger partial charge >= 0.3 is 0 Å². The number of halogens is 2. The van der Waals surface area contributed by atoms with Gasteiger partial charge in [0.2, 0.25) is 0 Å². The zero-order valence-electron chi connectivity index (χ0n) is 8.72. The molecule has 0 saturated heterocycles. The van der Waals surface area contributed by atoms with Crippen LogP contribution in [0, 0.1) is 6.92 Å². The fourth-order valence-corrected chi connectivity index (χ4v) is 1.66. The van der Waals surface area contributed by atoms with E-state index < -0.39 is 0 Å². The molecule has 84 valence electrons. The second-order valence-corrected chi connectivity index (χ2v) is 4.27. The van der Waals surface area contributed by atoms with Crippen molar-refractivity contribution in [3.8, 4) is 0 Å². The highest BCUT2D eigenvalue weighted by Crippen LogP contribution is 2.25. The summed E-state index contributed by atoms with van der Waals surface area (Å²) in [4.78, 5) is 7.22. The number of benzene rings is 1. The Morgan fingerprint density at radius 3 is 2.75 bits per heavy atom. The summed E-state index contributed by atoms with van der Waals surface area (Å²) in [7, 11) is 0. The van der Waals surface area contributed by atoms with Crippen molar-refractivity contribution in [3.05, 3.63) is 46.0 Å². The third-order valence-corrected chi connectivity index (χ3v) is 3.05. The molecule has 0 radical (unpaired) electrons. The first kappa shape index (κ1) is 11.3. The Kier molecular flexibility index (Phi) is 3.36. The van der Waals surface area contributed by atoms with Crippen LogP contribution in [0.15, 0.2) is 24.5 Å². The van der Waals surface area contributed by atoms with E-state index in [1.165, 1.54) is 0 Å². The van der Waals surface area contributed by atoms with Gasteiger partial charge in [0.15, 0.2) is 0 Å². The predicted octanol–water partition coefficient (Wildman–Crippen LogP) is 3.64. The van der Waals surface area contributed by atoms with E-state index in [-0.39, 0.29) is 0 Å². The molecule has 16 heavy (non-hydrogen) atoms. The largest absolute Gasteiger partial charge is 0.379 e. The first-order valence-corrected chi connectivity index (χ1v) is 5.60. The van der Waals surface area contributed by atoms with Crippen LogP contribution in [0.1, 0.15) is 11.4 Å². The van der Waals surface area contributed by atoms with E-state index in [0.717, 1.165) is 17.1 Å². The maximum atomic E-state index is 5.91. The lowest BCUT2D eigenvalue weighted by Crippen LogP contribution is -2.01. The Balaban J connectivity index is 2.05. The van der Waals surface area contributed by atoms with E-state index in [1.54, 1.807) is 18.5 Å². The Morgan fingerprint density at radius 1 is 1.31 bits per heavy atom. The van der Waals surface area contributed by atoms with Gasteiger partial charge in [0.05, 0.1) is 28.6 Å². The summed E-state index contributed by atoms with van der Waals surface area (Å²) in [5, 5.41) is 4.34. The first-order chi connectivity index (χ1) is 7.66. The van der Waals surface area contributed by atoms with Crippen LogP contribution in [0.5, 0.6) is 0 Å². The Morgan fingerprint density at radius 2 is 2.12 bits per heavy atom. The highest BCUT2D eigenvalue weighted by Gasteiger charge is 2.02. The average molecular weight is 256 g/mol. The zero-order valence-corrected chi connectivity index (χ0v) is 10.2. The van der Waals surface area contributed by atoms with E-state index in [4.69, 9.17) is 23.2 Å². The molecule has 0 bridgehead atoms. The van der Waals surface area contributed by atoms with Gasteiger partial charge < -0.3 is 10.3 Å². The van der Waals surface area contributed by atoms with Crippen LogP contribution in [-0.2, 0) is 6.54 Å². The molecule has 0 amide bonds. The van der Waals surface area contributed by atoms with Crippen molar-refractivity contribution < 1.29 is 0 Å². The van der Waals surface area contributed by atoms with Crippen molar-refractivity contribution >= 4 is 28.9 Å². The zero-order chi connectivity index (χ0) is 11.5. The number of aryl methyl sites for hydroxylation is 1. The number of anilines is 1. The quantitative estimate of drug-likeness (QED) is 0.880. The molecule has 0 aliphatic carbocycles. The van der Waals surface area contributed by atoms with Gasteiger partial charge in [0.1, 0.15) is 0 Å². The SMILES string of the molecule is Cc1[nH]cnc1CNc1ccc(Cl)c(Cl)c1. The Hall–Kier alpha value is -1.19. The summed E-state index contributed by atoms with van der Waals surface area (Å²) in [5.41, 5.74) is 2.98. The lowest BCUT2D eigenvalue weighted by molar-refractivity contribution is 1.05. The van der Waals surface area contributed by atoms with E-state index in [9.17, 15) is 0 Å². The van der Waals surface area contributed by atoms with Gasteiger partial charge in [-0.3, -0.25) is 0 Å². The van der Waals surface area contributed by atoms with Gasteiger partial charge in [-0.2, -0.15) is 0 Å². The molecule has 0 atom stereocenters. The fraction of sp³-hybridized carbons (Fsp3) is 0.182. The molecule has 0 aliphatic heterocycles. The van der Waals surface area contributed by atoms with Crippen LogP contribution < -0.4 is 5.32 Å². The summed E-state index contributed by atoms with van der Waals surface area (Å²) in [6, 6.07) is 5.45. The van der Waals surface area contributed by atoms with Gasteiger partial charge in [0, 0.05) is 11.4 Å². The number of aromatic nitrogens is 2. The molecule has 1 aromatic carbocycles. The van der Waals surface area contributed by atoms with Gasteiger partial charge in [-0.05, 0) is 25.1 Å². The molecule has 2 N–H and O–H groups in total. The number of hydrogen-bond acceptors (Lipinski definition) is 2. The summed E-state index contributed by atoms with van der Waals surface area (Å²) in [5.74, 6) is 0. The molecule has 0 unspecified atom stereocenters. The van der Waals surface area contributed by atoms with E-state index in [2.05, 4.69) is 15.3 Å². The molecule has 0 aliphatic rings. The summed E-state index contributed by atoms with van der Waals surface area (Å²) < 4.78 is 0. The molecule has 0 spiro atoms. The van der Waals surface area contributed by atoms with Crippen LogP contribution in [0.2, 0.25) is 10.0 Å². The van der Waals surface area contributed by atoms with Crippen LogP contribution >= 0.6 is 23.2 Å². The molecule has 2 aromatic rings. The Labute approximate surface area is 104 Å². The number of H-pyrrole nitrogens is 1. The number of aromatic amines is 1. The minimum Gasteiger partial charge on any atom is -0.379 e. The first-order valence-electron chi connectivity index (χ1n) is 4.84. The van der Waals surface area contributed by atoms with Gasteiger partial charge in [0.25, 0.3) is 0 Å². The standard InChI is InChI=1S/C11H11Cl2N3/c1-7-11(16-6-15-7)5-14-8-2-3-9(12)10(13)4-8/h2-4,6,14H,5H2,1H3,(H,15,16). The summed E-state index contributed by atoms with van der Waals surface area (Å²) in [6.45, 7) is 2.64. The minimum atomic E-state index is 0.547. The molecule has 2 rings (SSSR count). The minimum absolute atomic E-state index is 0.547. The monoisotopic (exact) mass is 255 g/mol. The third-order valence-electron chi connectivity index (χ3n) is 2.31. The van der Waals surface area contributed by atoms with Crippen molar-refractivity contribution in [2.45, 2.75) is 13.5 Å². The topological polar surface area (TPSA) is 40.7 Å². The fourth-order valence-electron chi connectivity index (χ4n) is 1.36. The summed E-state index contributed by atoms with van der Waals surface area (Å²) >= 11 is 11.7. The molecule has 5 heteroatoms. The maximum absolute atomic E-state index is 5.91. The van der Waals surface area contributed by atoms with Gasteiger partial charge in [-0.15, -0.1) is 0 Å². The number of nitrogens with zero attached hydrogens (tertiary/aromatic N) is 1. The van der Waals surface area contributed by atoms with E-state index >= 15 is 0 Å². The van der Waals surface area contributed by atoms with Crippen molar-refractivity contribution in [3.63, 3.8) is 0 Å². The van der Waals surface area contributed by atoms with Gasteiger partial charge in [-0.1, -0.05) is 23.2 Å². The summed E-state index contributed by atoms with van der Waals surface area (Å²) in [6.07, 6.45) is 1.68. The highest BCUT2D eigenvalue weighted by atomic mass is 35.5. The highest BCUT2D eigenvalue weighted by molar-refractivity contribution is 6.42. The van der Waals surface area contributed by atoms with Crippen molar-refractivity contribution in [2.75, 3.05) is 5.32 Å². The van der Waals surface area contributed by atoms with Crippen LogP contribution in [0.4, 0.5) is 5.69 Å². The lowest BCUT2D eigenvalue weighted by Gasteiger charge is -2.06. The van der Waals surface area contributed by atoms with Crippen LogP contribution in [0.25, 0.3) is 0 Å². The smallest absolute Gasteiger partial charge is 0.0925 e. The molecule has 0 saturated carbocycles. The second-order valence-electron chi connectivity index (χ2n) is 3.46. The van der Waals surface area contributed by atoms with Gasteiger partial charge in [-0.25, -0.2) is 4.98 Å². The van der Waals surface area contributed by atoms with Crippen molar-refractivity contribution in [1.29, 1.82) is 0 Å². The number of hydrogen-bond donors (Lipinski definition) is 2. The molecular formula is C11H11Cl2N3. The van der Waals surface area contributed by atoms with Crippen LogP contribution in [-0.4, -0.2) is 9.97 Å². The second kappa shape index (κ2) is 4.76. The Bertz CT molecular complexity index is 494. The molecule has 0 fully saturated rings. The number of nitrogens with one attached hydrogen (secondary N) is 2. The molecule has 1 heterocycles. The molecule has 1 aromatic heterocycles. The van der Waals surface area contributed by atoms with Crippen molar-refractivity contribution in [2.24, 2.45) is 0 Å². The molecule has 3 nitrogen and oxygen atoms in total. The lowest BCUT2D eigenvalue weighted by atomic mass is 10.3. The van der Waals surface area contributed by atoms with E-state index in [0.29, 0.717) is 16.6 Å². The third kappa shape index (κ3) is 2.49. The predicted molar refractivity (Wildman–Crippen MR) is 67.1 cm³/mol. The van der Waals surface area contributed by atoms with E-state index in [1.807, 2.05) is 13.0 Å². The molecular weight excluding hydrogens is 245 g/mol. The number of rotatable bonds is 3.